The molecule has 0 saturated carbocycles. The summed E-state index contributed by atoms with van der Waals surface area (Å²) in [6.45, 7) is 1.89. The Kier molecular flexibility index (Phi) is 4.60. The van der Waals surface area contributed by atoms with Crippen LogP contribution in [-0.4, -0.2) is 11.8 Å². The van der Waals surface area contributed by atoms with Gasteiger partial charge in [0.15, 0.2) is 0 Å². The third-order valence-corrected chi connectivity index (χ3v) is 3.47. The first kappa shape index (κ1) is 15.1. The van der Waals surface area contributed by atoms with E-state index in [-0.39, 0.29) is 22.5 Å². The van der Waals surface area contributed by atoms with Crippen molar-refractivity contribution < 1.29 is 9.59 Å². The monoisotopic (exact) mass is 302 g/mol. The molecule has 2 aromatic rings. The zero-order valence-electron chi connectivity index (χ0n) is 11.5. The molecule has 2 rings (SSSR count). The number of carbonyl (C=O) groups excluding carboxylic acids is 2. The summed E-state index contributed by atoms with van der Waals surface area (Å²) in [7, 11) is 0. The first-order chi connectivity index (χ1) is 9.99. The number of amides is 2. The van der Waals surface area contributed by atoms with Gasteiger partial charge in [-0.05, 0) is 30.7 Å². The molecule has 1 atom stereocenters. The molecule has 3 N–H and O–H groups in total. The van der Waals surface area contributed by atoms with E-state index >= 15 is 0 Å². The Morgan fingerprint density at radius 1 is 1.14 bits per heavy atom. The van der Waals surface area contributed by atoms with E-state index in [0.717, 1.165) is 5.56 Å². The minimum Gasteiger partial charge on any atom is -0.366 e. The molecule has 0 saturated heterocycles. The van der Waals surface area contributed by atoms with Crippen molar-refractivity contribution in [1.82, 2.24) is 5.32 Å². The zero-order chi connectivity index (χ0) is 15.4. The van der Waals surface area contributed by atoms with Crippen LogP contribution in [0.25, 0.3) is 0 Å². The lowest BCUT2D eigenvalue weighted by Crippen LogP contribution is -2.27. The number of hydrogen-bond donors (Lipinski definition) is 2. The van der Waals surface area contributed by atoms with Crippen LogP contribution in [-0.2, 0) is 0 Å². The third-order valence-electron chi connectivity index (χ3n) is 3.14. The van der Waals surface area contributed by atoms with Gasteiger partial charge in [0.1, 0.15) is 0 Å². The van der Waals surface area contributed by atoms with E-state index in [1.165, 1.54) is 12.1 Å². The molecule has 0 aliphatic heterocycles. The van der Waals surface area contributed by atoms with Gasteiger partial charge in [-0.3, -0.25) is 9.59 Å². The fourth-order valence-electron chi connectivity index (χ4n) is 1.96. The average molecular weight is 303 g/mol. The highest BCUT2D eigenvalue weighted by molar-refractivity contribution is 6.34. The fourth-order valence-corrected chi connectivity index (χ4v) is 2.17. The molecule has 0 radical (unpaired) electrons. The number of halogens is 1. The molecule has 0 heterocycles. The van der Waals surface area contributed by atoms with Gasteiger partial charge in [0.2, 0.25) is 5.91 Å². The van der Waals surface area contributed by atoms with Crippen molar-refractivity contribution >= 4 is 23.4 Å². The Labute approximate surface area is 127 Å². The predicted octanol–water partition coefficient (Wildman–Crippen LogP) is 2.93. The minimum atomic E-state index is -0.661. The van der Waals surface area contributed by atoms with Gasteiger partial charge in [0.25, 0.3) is 5.91 Å². The summed E-state index contributed by atoms with van der Waals surface area (Å²) in [5.74, 6) is -0.948. The molecule has 0 aliphatic carbocycles. The Hall–Kier alpha value is -2.33. The van der Waals surface area contributed by atoms with E-state index in [9.17, 15) is 9.59 Å². The van der Waals surface area contributed by atoms with Crippen LogP contribution >= 0.6 is 11.6 Å². The molecule has 5 heteroatoms. The molecule has 108 valence electrons. The third kappa shape index (κ3) is 3.61. The van der Waals surface area contributed by atoms with Crippen molar-refractivity contribution in [2.24, 2.45) is 5.73 Å². The maximum atomic E-state index is 12.2. The molecular formula is C16H15ClN2O2. The van der Waals surface area contributed by atoms with Gasteiger partial charge in [0, 0.05) is 5.56 Å². The number of benzene rings is 2. The van der Waals surface area contributed by atoms with Crippen LogP contribution in [0.15, 0.2) is 48.5 Å². The summed E-state index contributed by atoms with van der Waals surface area (Å²) in [5, 5.41) is 3.10. The zero-order valence-corrected chi connectivity index (χ0v) is 12.2. The van der Waals surface area contributed by atoms with E-state index in [2.05, 4.69) is 5.32 Å². The molecule has 0 spiro atoms. The fraction of sp³-hybridized carbons (Fsp3) is 0.125. The predicted molar refractivity (Wildman–Crippen MR) is 82.3 cm³/mol. The first-order valence-electron chi connectivity index (χ1n) is 6.44. The van der Waals surface area contributed by atoms with Crippen LogP contribution in [0.5, 0.6) is 0 Å². The van der Waals surface area contributed by atoms with E-state index in [0.29, 0.717) is 5.56 Å². The Morgan fingerprint density at radius 2 is 1.81 bits per heavy atom. The van der Waals surface area contributed by atoms with E-state index in [1.54, 1.807) is 6.07 Å². The maximum Gasteiger partial charge on any atom is 0.251 e. The Bertz CT molecular complexity index is 671. The maximum absolute atomic E-state index is 12.2. The molecule has 21 heavy (non-hydrogen) atoms. The average Bonchev–Trinajstić information content (AvgIpc) is 2.48. The van der Waals surface area contributed by atoms with Crippen LogP contribution in [0.2, 0.25) is 5.02 Å². The minimum absolute atomic E-state index is 0.136. The summed E-state index contributed by atoms with van der Waals surface area (Å²) < 4.78 is 0. The van der Waals surface area contributed by atoms with Crippen molar-refractivity contribution in [3.63, 3.8) is 0 Å². The van der Waals surface area contributed by atoms with E-state index in [4.69, 9.17) is 17.3 Å². The van der Waals surface area contributed by atoms with Crippen molar-refractivity contribution in [2.45, 2.75) is 13.0 Å². The van der Waals surface area contributed by atoms with Gasteiger partial charge in [-0.25, -0.2) is 0 Å². The highest BCUT2D eigenvalue weighted by atomic mass is 35.5. The SMILES string of the molecule is C[C@H](NC(=O)c1ccc(Cl)c(C(N)=O)c1)c1ccccc1. The Balaban J connectivity index is 2.17. The standard InChI is InChI=1S/C16H15ClN2O2/c1-10(11-5-3-2-4-6-11)19-16(21)12-7-8-14(17)13(9-12)15(18)20/h2-10H,1H3,(H2,18,20)(H,19,21)/t10-/m0/s1. The topological polar surface area (TPSA) is 72.2 Å². The molecule has 2 aromatic carbocycles. The number of rotatable bonds is 4. The van der Waals surface area contributed by atoms with Crippen molar-refractivity contribution in [2.75, 3.05) is 0 Å². The molecule has 0 fully saturated rings. The normalized spacial score (nSPS) is 11.7. The van der Waals surface area contributed by atoms with E-state index < -0.39 is 5.91 Å². The van der Waals surface area contributed by atoms with Crippen molar-refractivity contribution in [1.29, 1.82) is 0 Å². The molecule has 0 aliphatic rings. The largest absolute Gasteiger partial charge is 0.366 e. The van der Waals surface area contributed by atoms with Gasteiger partial charge in [-0.1, -0.05) is 41.9 Å². The summed E-state index contributed by atoms with van der Waals surface area (Å²) in [4.78, 5) is 23.5. The highest BCUT2D eigenvalue weighted by Gasteiger charge is 2.14. The van der Waals surface area contributed by atoms with Gasteiger partial charge in [0.05, 0.1) is 16.6 Å². The number of carbonyl (C=O) groups is 2. The van der Waals surface area contributed by atoms with Crippen LogP contribution in [0, 0.1) is 0 Å². The summed E-state index contributed by atoms with van der Waals surface area (Å²) in [6, 6.07) is 13.9. The smallest absolute Gasteiger partial charge is 0.251 e. The van der Waals surface area contributed by atoms with Crippen LogP contribution in [0.4, 0.5) is 0 Å². The number of nitrogens with two attached hydrogens (primary N) is 1. The van der Waals surface area contributed by atoms with Gasteiger partial charge in [-0.2, -0.15) is 0 Å². The Morgan fingerprint density at radius 3 is 2.43 bits per heavy atom. The van der Waals surface area contributed by atoms with Gasteiger partial charge in [-0.15, -0.1) is 0 Å². The number of primary amides is 1. The van der Waals surface area contributed by atoms with Crippen LogP contribution in [0.1, 0.15) is 39.2 Å². The number of hydrogen-bond acceptors (Lipinski definition) is 2. The van der Waals surface area contributed by atoms with E-state index in [1.807, 2.05) is 37.3 Å². The summed E-state index contributed by atoms with van der Waals surface area (Å²) in [6.07, 6.45) is 0. The van der Waals surface area contributed by atoms with Gasteiger partial charge < -0.3 is 11.1 Å². The lowest BCUT2D eigenvalue weighted by Gasteiger charge is -2.14. The van der Waals surface area contributed by atoms with Crippen molar-refractivity contribution in [3.05, 3.63) is 70.2 Å². The second kappa shape index (κ2) is 6.41. The molecular weight excluding hydrogens is 288 g/mol. The van der Waals surface area contributed by atoms with Crippen molar-refractivity contribution in [3.8, 4) is 0 Å². The van der Waals surface area contributed by atoms with Gasteiger partial charge >= 0.3 is 0 Å². The first-order valence-corrected chi connectivity index (χ1v) is 6.82. The van der Waals surface area contributed by atoms with Crippen LogP contribution < -0.4 is 11.1 Å². The second-order valence-corrected chi connectivity index (χ2v) is 5.07. The lowest BCUT2D eigenvalue weighted by molar-refractivity contribution is 0.0940. The summed E-state index contributed by atoms with van der Waals surface area (Å²) in [5.41, 5.74) is 6.70. The summed E-state index contributed by atoms with van der Waals surface area (Å²) >= 11 is 5.86. The quantitative estimate of drug-likeness (QED) is 0.911. The number of nitrogens with one attached hydrogen (secondary N) is 1. The molecule has 4 nitrogen and oxygen atoms in total. The second-order valence-electron chi connectivity index (χ2n) is 4.66. The van der Waals surface area contributed by atoms with Crippen LogP contribution in [0.3, 0.4) is 0 Å². The lowest BCUT2D eigenvalue weighted by atomic mass is 10.1. The molecule has 0 bridgehead atoms. The highest BCUT2D eigenvalue weighted by Crippen LogP contribution is 2.18. The molecule has 0 unspecified atom stereocenters. The molecule has 0 aromatic heterocycles. The molecule has 2 amide bonds.